The highest BCUT2D eigenvalue weighted by molar-refractivity contribution is 6.31. The second-order valence-corrected chi connectivity index (χ2v) is 6.80. The van der Waals surface area contributed by atoms with E-state index in [9.17, 15) is 9.18 Å². The monoisotopic (exact) mass is 401 g/mol. The Morgan fingerprint density at radius 2 is 2.07 bits per heavy atom. The molecule has 3 aromatic rings. The molecule has 1 aromatic carbocycles. The SMILES string of the molecule is CCn1ncc(/C=C/C(=O)Nc2cc(C)n(Cc3ccc(F)cc3Cl)n2)c1C. The van der Waals surface area contributed by atoms with Crippen LogP contribution in [0, 0.1) is 19.7 Å². The Kier molecular flexibility index (Phi) is 5.94. The van der Waals surface area contributed by atoms with E-state index in [4.69, 9.17) is 11.6 Å². The molecule has 2 aromatic heterocycles. The second-order valence-electron chi connectivity index (χ2n) is 6.39. The number of amides is 1. The Balaban J connectivity index is 1.68. The summed E-state index contributed by atoms with van der Waals surface area (Å²) >= 11 is 6.08. The Bertz CT molecular complexity index is 1040. The number of nitrogens with zero attached hydrogens (tertiary/aromatic N) is 4. The fourth-order valence-electron chi connectivity index (χ4n) is 2.82. The fourth-order valence-corrected chi connectivity index (χ4v) is 3.05. The highest BCUT2D eigenvalue weighted by Crippen LogP contribution is 2.20. The van der Waals surface area contributed by atoms with Crippen molar-refractivity contribution in [3.8, 4) is 0 Å². The smallest absolute Gasteiger partial charge is 0.249 e. The normalized spacial score (nSPS) is 11.3. The summed E-state index contributed by atoms with van der Waals surface area (Å²) in [5, 5.41) is 11.7. The molecule has 1 amide bonds. The van der Waals surface area contributed by atoms with Crippen LogP contribution < -0.4 is 5.32 Å². The molecule has 0 saturated carbocycles. The maximum absolute atomic E-state index is 13.2. The van der Waals surface area contributed by atoms with E-state index >= 15 is 0 Å². The van der Waals surface area contributed by atoms with Crippen molar-refractivity contribution in [2.75, 3.05) is 5.32 Å². The van der Waals surface area contributed by atoms with Gasteiger partial charge in [-0.05, 0) is 44.5 Å². The van der Waals surface area contributed by atoms with Gasteiger partial charge >= 0.3 is 0 Å². The number of benzene rings is 1. The van der Waals surface area contributed by atoms with Crippen LogP contribution >= 0.6 is 11.6 Å². The molecule has 0 spiro atoms. The molecule has 0 radical (unpaired) electrons. The number of hydrogen-bond acceptors (Lipinski definition) is 3. The third-order valence-electron chi connectivity index (χ3n) is 4.42. The van der Waals surface area contributed by atoms with Gasteiger partial charge in [0.1, 0.15) is 5.82 Å². The summed E-state index contributed by atoms with van der Waals surface area (Å²) in [5.41, 5.74) is 3.49. The van der Waals surface area contributed by atoms with E-state index in [-0.39, 0.29) is 11.7 Å². The molecule has 0 aliphatic heterocycles. The van der Waals surface area contributed by atoms with Gasteiger partial charge in [-0.15, -0.1) is 0 Å². The zero-order valence-electron chi connectivity index (χ0n) is 15.9. The lowest BCUT2D eigenvalue weighted by molar-refractivity contribution is -0.111. The van der Waals surface area contributed by atoms with Gasteiger partial charge in [0.25, 0.3) is 0 Å². The quantitative estimate of drug-likeness (QED) is 0.629. The average molecular weight is 402 g/mol. The van der Waals surface area contributed by atoms with Gasteiger partial charge in [-0.25, -0.2) is 4.39 Å². The lowest BCUT2D eigenvalue weighted by atomic mass is 10.2. The van der Waals surface area contributed by atoms with Crippen LogP contribution in [0.15, 0.2) is 36.5 Å². The Morgan fingerprint density at radius 1 is 1.29 bits per heavy atom. The van der Waals surface area contributed by atoms with E-state index in [1.54, 1.807) is 29.1 Å². The molecule has 2 heterocycles. The van der Waals surface area contributed by atoms with E-state index < -0.39 is 0 Å². The first kappa shape index (κ1) is 19.8. The van der Waals surface area contributed by atoms with Crippen LogP contribution in [0.1, 0.15) is 29.4 Å². The minimum absolute atomic E-state index is 0.284. The summed E-state index contributed by atoms with van der Waals surface area (Å²) in [5.74, 6) is -0.232. The van der Waals surface area contributed by atoms with E-state index in [1.165, 1.54) is 18.2 Å². The Morgan fingerprint density at radius 3 is 2.75 bits per heavy atom. The van der Waals surface area contributed by atoms with Crippen LogP contribution in [0.3, 0.4) is 0 Å². The van der Waals surface area contributed by atoms with Gasteiger partial charge < -0.3 is 5.32 Å². The summed E-state index contributed by atoms with van der Waals surface area (Å²) < 4.78 is 16.8. The van der Waals surface area contributed by atoms with Crippen molar-refractivity contribution in [1.82, 2.24) is 19.6 Å². The van der Waals surface area contributed by atoms with Crippen LogP contribution in [-0.4, -0.2) is 25.5 Å². The molecule has 146 valence electrons. The highest BCUT2D eigenvalue weighted by Gasteiger charge is 2.10. The molecular weight excluding hydrogens is 381 g/mol. The third-order valence-corrected chi connectivity index (χ3v) is 4.77. The number of aromatic nitrogens is 4. The molecule has 0 aliphatic rings. The van der Waals surface area contributed by atoms with Gasteiger partial charge in [0.05, 0.1) is 12.7 Å². The van der Waals surface area contributed by atoms with Crippen LogP contribution in [0.4, 0.5) is 10.2 Å². The summed E-state index contributed by atoms with van der Waals surface area (Å²) in [6.07, 6.45) is 4.91. The number of aryl methyl sites for hydroxylation is 2. The van der Waals surface area contributed by atoms with Gasteiger partial charge in [0.2, 0.25) is 5.91 Å². The summed E-state index contributed by atoms with van der Waals surface area (Å²) in [4.78, 5) is 12.2. The summed E-state index contributed by atoms with van der Waals surface area (Å²) in [6, 6.07) is 6.02. The predicted molar refractivity (Wildman–Crippen MR) is 108 cm³/mol. The molecule has 3 rings (SSSR count). The van der Waals surface area contributed by atoms with Crippen LogP contribution in [0.2, 0.25) is 5.02 Å². The van der Waals surface area contributed by atoms with Crippen LogP contribution in [0.25, 0.3) is 6.08 Å². The van der Waals surface area contributed by atoms with Crippen molar-refractivity contribution < 1.29 is 9.18 Å². The minimum Gasteiger partial charge on any atom is -0.306 e. The van der Waals surface area contributed by atoms with E-state index in [2.05, 4.69) is 15.5 Å². The van der Waals surface area contributed by atoms with Crippen molar-refractivity contribution in [3.05, 3.63) is 69.9 Å². The molecular formula is C20H21ClFN5O. The number of hydrogen-bond donors (Lipinski definition) is 1. The van der Waals surface area contributed by atoms with Gasteiger partial charge in [-0.1, -0.05) is 17.7 Å². The number of carbonyl (C=O) groups excluding carboxylic acids is 1. The first-order valence-electron chi connectivity index (χ1n) is 8.87. The minimum atomic E-state index is -0.384. The van der Waals surface area contributed by atoms with Crippen molar-refractivity contribution in [3.63, 3.8) is 0 Å². The van der Waals surface area contributed by atoms with Crippen LogP contribution in [-0.2, 0) is 17.9 Å². The molecule has 0 saturated heterocycles. The Hall–Kier alpha value is -2.93. The number of carbonyl (C=O) groups is 1. The van der Waals surface area contributed by atoms with Gasteiger partial charge in [-0.2, -0.15) is 10.2 Å². The average Bonchev–Trinajstić information content (AvgIpc) is 3.17. The van der Waals surface area contributed by atoms with Gasteiger partial charge in [0, 0.05) is 40.7 Å². The zero-order valence-corrected chi connectivity index (χ0v) is 16.7. The van der Waals surface area contributed by atoms with Crippen LogP contribution in [0.5, 0.6) is 0 Å². The van der Waals surface area contributed by atoms with Crippen molar-refractivity contribution in [1.29, 1.82) is 0 Å². The molecule has 6 nitrogen and oxygen atoms in total. The molecule has 1 N–H and O–H groups in total. The first-order chi connectivity index (χ1) is 13.4. The van der Waals surface area contributed by atoms with Crippen molar-refractivity contribution >= 4 is 29.4 Å². The first-order valence-corrected chi connectivity index (χ1v) is 9.25. The molecule has 0 unspecified atom stereocenters. The lowest BCUT2D eigenvalue weighted by Crippen LogP contribution is -2.10. The summed E-state index contributed by atoms with van der Waals surface area (Å²) in [7, 11) is 0. The molecule has 8 heteroatoms. The number of nitrogens with one attached hydrogen (secondary N) is 1. The predicted octanol–water partition coefficient (Wildman–Crippen LogP) is 4.21. The molecule has 0 atom stereocenters. The molecule has 0 aliphatic carbocycles. The van der Waals surface area contributed by atoms with Gasteiger partial charge in [-0.3, -0.25) is 14.2 Å². The number of anilines is 1. The van der Waals surface area contributed by atoms with Crippen molar-refractivity contribution in [2.45, 2.75) is 33.9 Å². The molecule has 0 bridgehead atoms. The largest absolute Gasteiger partial charge is 0.306 e. The standard InChI is InChI=1S/C20H21ClFN5O/c1-4-26-14(3)15(11-23-26)6-8-20(28)24-19-9-13(2)27(25-19)12-16-5-7-17(22)10-18(16)21/h5-11H,4,12H2,1-3H3,(H,24,25,28)/b8-6+. The summed E-state index contributed by atoms with van der Waals surface area (Å²) in [6.45, 7) is 7.00. The maximum Gasteiger partial charge on any atom is 0.249 e. The van der Waals surface area contributed by atoms with E-state index in [0.29, 0.717) is 17.4 Å². The van der Waals surface area contributed by atoms with E-state index in [1.807, 2.05) is 25.5 Å². The third kappa shape index (κ3) is 4.48. The van der Waals surface area contributed by atoms with E-state index in [0.717, 1.165) is 29.1 Å². The topological polar surface area (TPSA) is 64.7 Å². The number of halogens is 2. The highest BCUT2D eigenvalue weighted by atomic mass is 35.5. The zero-order chi connectivity index (χ0) is 20.3. The second kappa shape index (κ2) is 8.39. The fraction of sp³-hybridized carbons (Fsp3) is 0.250. The van der Waals surface area contributed by atoms with Gasteiger partial charge in [0.15, 0.2) is 5.82 Å². The molecule has 28 heavy (non-hydrogen) atoms. The Labute approximate surface area is 167 Å². The lowest BCUT2D eigenvalue weighted by Gasteiger charge is -2.06. The maximum atomic E-state index is 13.2. The van der Waals surface area contributed by atoms with Crippen molar-refractivity contribution in [2.24, 2.45) is 0 Å². The number of rotatable bonds is 6. The molecule has 0 fully saturated rings.